The van der Waals surface area contributed by atoms with E-state index in [1.807, 2.05) is 25.8 Å². The van der Waals surface area contributed by atoms with Gasteiger partial charge in [0, 0.05) is 25.2 Å². The maximum absolute atomic E-state index is 11.9. The van der Waals surface area contributed by atoms with E-state index in [0.29, 0.717) is 12.6 Å². The number of urea groups is 1. The van der Waals surface area contributed by atoms with Crippen molar-refractivity contribution >= 4 is 6.03 Å². The second-order valence-electron chi connectivity index (χ2n) is 5.07. The average Bonchev–Trinajstić information content (AvgIpc) is 2.68. The number of rotatable bonds is 3. The predicted molar refractivity (Wildman–Crippen MR) is 61.7 cm³/mol. The van der Waals surface area contributed by atoms with Crippen LogP contribution in [0.25, 0.3) is 0 Å². The van der Waals surface area contributed by atoms with Crippen LogP contribution < -0.4 is 11.1 Å². The summed E-state index contributed by atoms with van der Waals surface area (Å²) >= 11 is 0. The third-order valence-corrected chi connectivity index (χ3v) is 3.15. The van der Waals surface area contributed by atoms with Gasteiger partial charge in [-0.05, 0) is 26.7 Å². The van der Waals surface area contributed by atoms with Gasteiger partial charge < -0.3 is 16.0 Å². The first kappa shape index (κ1) is 12.3. The van der Waals surface area contributed by atoms with Gasteiger partial charge in [0.1, 0.15) is 0 Å². The summed E-state index contributed by atoms with van der Waals surface area (Å²) in [4.78, 5) is 13.7. The highest BCUT2D eigenvalue weighted by atomic mass is 16.2. The highest BCUT2D eigenvalue weighted by molar-refractivity contribution is 5.75. The molecule has 15 heavy (non-hydrogen) atoms. The maximum atomic E-state index is 11.9. The first-order chi connectivity index (χ1) is 6.96. The van der Waals surface area contributed by atoms with Crippen LogP contribution in [0.15, 0.2) is 0 Å². The van der Waals surface area contributed by atoms with Crippen LogP contribution in [0, 0.1) is 0 Å². The molecule has 0 spiro atoms. The van der Waals surface area contributed by atoms with E-state index >= 15 is 0 Å². The molecule has 1 aliphatic rings. The molecule has 1 rings (SSSR count). The van der Waals surface area contributed by atoms with Crippen molar-refractivity contribution in [2.45, 2.75) is 51.1 Å². The lowest BCUT2D eigenvalue weighted by Crippen LogP contribution is -2.54. The van der Waals surface area contributed by atoms with Gasteiger partial charge in [-0.2, -0.15) is 0 Å². The van der Waals surface area contributed by atoms with E-state index in [9.17, 15) is 4.79 Å². The van der Waals surface area contributed by atoms with E-state index in [1.165, 1.54) is 12.8 Å². The van der Waals surface area contributed by atoms with Crippen molar-refractivity contribution in [2.75, 3.05) is 13.6 Å². The van der Waals surface area contributed by atoms with Gasteiger partial charge in [0.15, 0.2) is 0 Å². The van der Waals surface area contributed by atoms with Gasteiger partial charge in [0.25, 0.3) is 0 Å². The van der Waals surface area contributed by atoms with Crippen LogP contribution in [0.4, 0.5) is 4.79 Å². The molecule has 88 valence electrons. The molecular weight excluding hydrogens is 190 g/mol. The summed E-state index contributed by atoms with van der Waals surface area (Å²) in [6.45, 7) is 4.33. The minimum absolute atomic E-state index is 0.00245. The van der Waals surface area contributed by atoms with E-state index in [1.54, 1.807) is 0 Å². The van der Waals surface area contributed by atoms with Crippen molar-refractivity contribution in [1.29, 1.82) is 0 Å². The van der Waals surface area contributed by atoms with E-state index in [-0.39, 0.29) is 11.6 Å². The molecule has 4 nitrogen and oxygen atoms in total. The zero-order valence-corrected chi connectivity index (χ0v) is 10.0. The van der Waals surface area contributed by atoms with E-state index < -0.39 is 0 Å². The highest BCUT2D eigenvalue weighted by Crippen LogP contribution is 2.22. The fourth-order valence-electron chi connectivity index (χ4n) is 1.89. The predicted octanol–water partition coefficient (Wildman–Crippen LogP) is 1.31. The summed E-state index contributed by atoms with van der Waals surface area (Å²) in [5.74, 6) is 0. The molecule has 4 heteroatoms. The fourth-order valence-corrected chi connectivity index (χ4v) is 1.89. The fraction of sp³-hybridized carbons (Fsp3) is 0.909. The Morgan fingerprint density at radius 3 is 2.47 bits per heavy atom. The molecule has 0 heterocycles. The van der Waals surface area contributed by atoms with Crippen molar-refractivity contribution in [3.05, 3.63) is 0 Å². The Labute approximate surface area is 92.2 Å². The van der Waals surface area contributed by atoms with Crippen molar-refractivity contribution in [1.82, 2.24) is 10.2 Å². The second-order valence-corrected chi connectivity index (χ2v) is 5.07. The van der Waals surface area contributed by atoms with Gasteiger partial charge in [-0.25, -0.2) is 4.79 Å². The van der Waals surface area contributed by atoms with Crippen molar-refractivity contribution in [3.8, 4) is 0 Å². The zero-order chi connectivity index (χ0) is 11.5. The molecule has 3 N–H and O–H groups in total. The third-order valence-electron chi connectivity index (χ3n) is 3.15. The van der Waals surface area contributed by atoms with Gasteiger partial charge >= 0.3 is 6.03 Å². The molecule has 0 aromatic carbocycles. The van der Waals surface area contributed by atoms with Crippen molar-refractivity contribution in [2.24, 2.45) is 5.73 Å². The van der Waals surface area contributed by atoms with Gasteiger partial charge in [0.2, 0.25) is 0 Å². The second kappa shape index (κ2) is 4.84. The standard InChI is InChI=1S/C11H23N3O/c1-11(2,8-12)13-10(15)14(3)9-6-4-5-7-9/h9H,4-8,12H2,1-3H3,(H,13,15). The number of nitrogens with zero attached hydrogens (tertiary/aromatic N) is 1. The maximum Gasteiger partial charge on any atom is 0.317 e. The first-order valence-electron chi connectivity index (χ1n) is 5.71. The molecule has 0 unspecified atom stereocenters. The Morgan fingerprint density at radius 1 is 1.47 bits per heavy atom. The average molecular weight is 213 g/mol. The zero-order valence-electron chi connectivity index (χ0n) is 10.0. The molecule has 1 aliphatic carbocycles. The molecule has 0 aromatic rings. The Balaban J connectivity index is 2.45. The summed E-state index contributed by atoms with van der Waals surface area (Å²) < 4.78 is 0. The highest BCUT2D eigenvalue weighted by Gasteiger charge is 2.26. The Hall–Kier alpha value is -0.770. The molecule has 0 aromatic heterocycles. The van der Waals surface area contributed by atoms with Crippen LogP contribution in [0.2, 0.25) is 0 Å². The van der Waals surface area contributed by atoms with Crippen molar-refractivity contribution < 1.29 is 4.79 Å². The number of hydrogen-bond acceptors (Lipinski definition) is 2. The number of carbonyl (C=O) groups excluding carboxylic acids is 1. The van der Waals surface area contributed by atoms with Crippen LogP contribution in [-0.2, 0) is 0 Å². The molecule has 0 bridgehead atoms. The lowest BCUT2D eigenvalue weighted by atomic mass is 10.1. The van der Waals surface area contributed by atoms with Crippen LogP contribution in [-0.4, -0.2) is 36.1 Å². The normalized spacial score (nSPS) is 17.9. The van der Waals surface area contributed by atoms with Crippen molar-refractivity contribution in [3.63, 3.8) is 0 Å². The number of amides is 2. The molecule has 0 saturated heterocycles. The van der Waals surface area contributed by atoms with Gasteiger partial charge in [-0.3, -0.25) is 0 Å². The molecule has 0 aliphatic heterocycles. The molecule has 0 radical (unpaired) electrons. The summed E-state index contributed by atoms with van der Waals surface area (Å²) in [5.41, 5.74) is 5.26. The van der Waals surface area contributed by atoms with E-state index in [4.69, 9.17) is 5.73 Å². The molecule has 2 amide bonds. The summed E-state index contributed by atoms with van der Waals surface area (Å²) in [5, 5.41) is 2.94. The summed E-state index contributed by atoms with van der Waals surface area (Å²) in [7, 11) is 1.87. The lowest BCUT2D eigenvalue weighted by molar-refractivity contribution is 0.181. The molecular formula is C11H23N3O. The smallest absolute Gasteiger partial charge is 0.317 e. The van der Waals surface area contributed by atoms with Crippen LogP contribution in [0.1, 0.15) is 39.5 Å². The number of hydrogen-bond donors (Lipinski definition) is 2. The third kappa shape index (κ3) is 3.38. The first-order valence-corrected chi connectivity index (χ1v) is 5.71. The van der Waals surface area contributed by atoms with Gasteiger partial charge in [0.05, 0.1) is 0 Å². The Bertz CT molecular complexity index is 222. The molecule has 0 atom stereocenters. The van der Waals surface area contributed by atoms with Crippen LogP contribution >= 0.6 is 0 Å². The molecule has 1 fully saturated rings. The molecule has 1 saturated carbocycles. The number of carbonyl (C=O) groups is 1. The van der Waals surface area contributed by atoms with Crippen LogP contribution in [0.5, 0.6) is 0 Å². The minimum Gasteiger partial charge on any atom is -0.332 e. The topological polar surface area (TPSA) is 58.4 Å². The van der Waals surface area contributed by atoms with E-state index in [2.05, 4.69) is 5.32 Å². The Morgan fingerprint density at radius 2 is 2.00 bits per heavy atom. The Kier molecular flexibility index (Phi) is 3.97. The summed E-state index contributed by atoms with van der Waals surface area (Å²) in [6.07, 6.45) is 4.74. The summed E-state index contributed by atoms with van der Waals surface area (Å²) in [6, 6.07) is 0.413. The van der Waals surface area contributed by atoms with Gasteiger partial charge in [-0.1, -0.05) is 12.8 Å². The van der Waals surface area contributed by atoms with Crippen LogP contribution in [0.3, 0.4) is 0 Å². The quantitative estimate of drug-likeness (QED) is 0.742. The number of nitrogens with two attached hydrogens (primary N) is 1. The van der Waals surface area contributed by atoms with Gasteiger partial charge in [-0.15, -0.1) is 0 Å². The largest absolute Gasteiger partial charge is 0.332 e. The lowest BCUT2D eigenvalue weighted by Gasteiger charge is -2.31. The minimum atomic E-state index is -0.316. The van der Waals surface area contributed by atoms with E-state index in [0.717, 1.165) is 12.8 Å². The number of nitrogens with one attached hydrogen (secondary N) is 1. The SMILES string of the molecule is CN(C(=O)NC(C)(C)CN)C1CCCC1. The monoisotopic (exact) mass is 213 g/mol.